The molecule has 0 amide bonds. The molecular formula is C14H13F3N2O2. The molecule has 0 radical (unpaired) electrons. The van der Waals surface area contributed by atoms with Crippen LogP contribution in [0.15, 0.2) is 36.5 Å². The molecule has 2 aromatic rings. The Balaban J connectivity index is 2.35. The van der Waals surface area contributed by atoms with Crippen molar-refractivity contribution in [3.05, 3.63) is 36.5 Å². The Labute approximate surface area is 119 Å². The first-order chi connectivity index (χ1) is 9.94. The van der Waals surface area contributed by atoms with Crippen molar-refractivity contribution in [1.29, 1.82) is 0 Å². The highest BCUT2D eigenvalue weighted by Crippen LogP contribution is 2.35. The minimum atomic E-state index is -4.70. The summed E-state index contributed by atoms with van der Waals surface area (Å²) in [6.07, 6.45) is -3.11. The highest BCUT2D eigenvalue weighted by Gasteiger charge is 2.31. The Morgan fingerprint density at radius 2 is 1.76 bits per heavy atom. The topological polar surface area (TPSA) is 43.4 Å². The number of ether oxygens (including phenoxy) is 2. The Hall–Kier alpha value is -2.44. The summed E-state index contributed by atoms with van der Waals surface area (Å²) in [7, 11) is 3.21. The van der Waals surface area contributed by atoms with Crippen LogP contribution in [0, 0.1) is 0 Å². The number of nitrogens with zero attached hydrogens (tertiary/aromatic N) is 1. The van der Waals surface area contributed by atoms with Crippen LogP contribution in [0.3, 0.4) is 0 Å². The number of rotatable bonds is 4. The van der Waals surface area contributed by atoms with Crippen LogP contribution in [0.5, 0.6) is 11.5 Å². The Kier molecular flexibility index (Phi) is 4.21. The summed E-state index contributed by atoms with van der Waals surface area (Å²) in [6.45, 7) is 0. The van der Waals surface area contributed by atoms with Gasteiger partial charge in [-0.25, -0.2) is 4.98 Å². The van der Waals surface area contributed by atoms with Crippen LogP contribution in [0.2, 0.25) is 0 Å². The molecule has 4 nitrogen and oxygen atoms in total. The van der Waals surface area contributed by atoms with Gasteiger partial charge in [0.1, 0.15) is 5.75 Å². The fraction of sp³-hybridized carbons (Fsp3) is 0.214. The van der Waals surface area contributed by atoms with Gasteiger partial charge in [-0.15, -0.1) is 13.2 Å². The van der Waals surface area contributed by atoms with Gasteiger partial charge in [-0.05, 0) is 23.8 Å². The Morgan fingerprint density at radius 1 is 1.10 bits per heavy atom. The van der Waals surface area contributed by atoms with E-state index in [1.165, 1.54) is 31.4 Å². The second-order valence-electron chi connectivity index (χ2n) is 4.06. The predicted octanol–water partition coefficient (Wildman–Crippen LogP) is 3.70. The van der Waals surface area contributed by atoms with Crippen molar-refractivity contribution in [3.63, 3.8) is 0 Å². The Morgan fingerprint density at radius 3 is 2.29 bits per heavy atom. The van der Waals surface area contributed by atoms with E-state index in [0.29, 0.717) is 17.1 Å². The molecule has 0 spiro atoms. The molecule has 1 N–H and O–H groups in total. The van der Waals surface area contributed by atoms with Gasteiger partial charge in [-0.1, -0.05) is 12.1 Å². The monoisotopic (exact) mass is 298 g/mol. The summed E-state index contributed by atoms with van der Waals surface area (Å²) in [5.41, 5.74) is 1.41. The zero-order valence-corrected chi connectivity index (χ0v) is 11.4. The van der Waals surface area contributed by atoms with Gasteiger partial charge in [-0.2, -0.15) is 0 Å². The standard InChI is InChI=1S/C14H13F3N2O2/c1-18-13-12(20-2)11(7-8-19-13)9-3-5-10(6-4-9)21-14(15,16)17/h3-8H,1-2H3,(H,18,19). The maximum absolute atomic E-state index is 12.1. The number of pyridine rings is 1. The molecule has 0 aliphatic carbocycles. The van der Waals surface area contributed by atoms with Crippen molar-refractivity contribution in [2.45, 2.75) is 6.36 Å². The van der Waals surface area contributed by atoms with E-state index in [4.69, 9.17) is 4.74 Å². The van der Waals surface area contributed by atoms with Crippen LogP contribution in [-0.4, -0.2) is 25.5 Å². The van der Waals surface area contributed by atoms with E-state index in [1.807, 2.05) is 0 Å². The number of hydrogen-bond donors (Lipinski definition) is 1. The summed E-state index contributed by atoms with van der Waals surface area (Å²) in [4.78, 5) is 4.11. The molecule has 21 heavy (non-hydrogen) atoms. The van der Waals surface area contributed by atoms with Crippen molar-refractivity contribution >= 4 is 5.82 Å². The smallest absolute Gasteiger partial charge is 0.492 e. The molecule has 7 heteroatoms. The molecule has 0 fully saturated rings. The number of alkyl halides is 3. The van der Waals surface area contributed by atoms with E-state index in [9.17, 15) is 13.2 Å². The number of nitrogens with one attached hydrogen (secondary N) is 1. The van der Waals surface area contributed by atoms with Crippen LogP contribution in [0.25, 0.3) is 11.1 Å². The largest absolute Gasteiger partial charge is 0.573 e. The van der Waals surface area contributed by atoms with Crippen LogP contribution in [0.1, 0.15) is 0 Å². The third-order valence-electron chi connectivity index (χ3n) is 2.74. The summed E-state index contributed by atoms with van der Waals surface area (Å²) in [5, 5.41) is 2.89. The minimum Gasteiger partial charge on any atom is -0.492 e. The third-order valence-corrected chi connectivity index (χ3v) is 2.74. The van der Waals surface area contributed by atoms with E-state index in [1.54, 1.807) is 19.3 Å². The zero-order valence-electron chi connectivity index (χ0n) is 11.4. The molecule has 0 aliphatic heterocycles. The van der Waals surface area contributed by atoms with Gasteiger partial charge in [0.15, 0.2) is 11.6 Å². The van der Waals surface area contributed by atoms with Crippen molar-refractivity contribution in [1.82, 2.24) is 4.98 Å². The highest BCUT2D eigenvalue weighted by atomic mass is 19.4. The second kappa shape index (κ2) is 5.90. The van der Waals surface area contributed by atoms with Gasteiger partial charge in [0.2, 0.25) is 0 Å². The van der Waals surface area contributed by atoms with Gasteiger partial charge < -0.3 is 14.8 Å². The fourth-order valence-electron chi connectivity index (χ4n) is 1.90. The zero-order chi connectivity index (χ0) is 15.5. The lowest BCUT2D eigenvalue weighted by Gasteiger charge is -2.13. The summed E-state index contributed by atoms with van der Waals surface area (Å²) < 4.78 is 45.5. The quantitative estimate of drug-likeness (QED) is 0.934. The van der Waals surface area contributed by atoms with E-state index >= 15 is 0 Å². The molecule has 1 aromatic carbocycles. The van der Waals surface area contributed by atoms with Gasteiger partial charge >= 0.3 is 6.36 Å². The molecule has 0 aliphatic rings. The molecule has 0 saturated carbocycles. The minimum absolute atomic E-state index is 0.270. The second-order valence-corrected chi connectivity index (χ2v) is 4.06. The lowest BCUT2D eigenvalue weighted by Crippen LogP contribution is -2.16. The van der Waals surface area contributed by atoms with Crippen LogP contribution in [-0.2, 0) is 0 Å². The van der Waals surface area contributed by atoms with Crippen LogP contribution >= 0.6 is 0 Å². The van der Waals surface area contributed by atoms with Gasteiger partial charge in [0.25, 0.3) is 0 Å². The number of halogens is 3. The number of methoxy groups -OCH3 is 1. The SMILES string of the molecule is CNc1nccc(-c2ccc(OC(F)(F)F)cc2)c1OC. The summed E-state index contributed by atoms with van der Waals surface area (Å²) >= 11 is 0. The number of benzene rings is 1. The molecule has 0 atom stereocenters. The van der Waals surface area contributed by atoms with E-state index < -0.39 is 6.36 Å². The molecular weight excluding hydrogens is 285 g/mol. The molecule has 2 rings (SSSR count). The maximum Gasteiger partial charge on any atom is 0.573 e. The molecule has 0 bridgehead atoms. The maximum atomic E-state index is 12.1. The van der Waals surface area contributed by atoms with Crippen molar-refractivity contribution in [3.8, 4) is 22.6 Å². The molecule has 1 aromatic heterocycles. The van der Waals surface area contributed by atoms with Crippen molar-refractivity contribution in [2.24, 2.45) is 0 Å². The van der Waals surface area contributed by atoms with E-state index in [2.05, 4.69) is 15.0 Å². The molecule has 112 valence electrons. The normalized spacial score (nSPS) is 11.1. The summed E-state index contributed by atoms with van der Waals surface area (Å²) in [6, 6.07) is 7.28. The predicted molar refractivity (Wildman–Crippen MR) is 72.5 cm³/mol. The summed E-state index contributed by atoms with van der Waals surface area (Å²) in [5.74, 6) is 0.795. The Bertz CT molecular complexity index is 613. The van der Waals surface area contributed by atoms with Crippen LogP contribution in [0.4, 0.5) is 19.0 Å². The fourth-order valence-corrected chi connectivity index (χ4v) is 1.90. The van der Waals surface area contributed by atoms with E-state index in [0.717, 1.165) is 5.56 Å². The molecule has 1 heterocycles. The number of aromatic nitrogens is 1. The number of anilines is 1. The van der Waals surface area contributed by atoms with E-state index in [-0.39, 0.29) is 5.75 Å². The third kappa shape index (κ3) is 3.56. The number of hydrogen-bond acceptors (Lipinski definition) is 4. The average Bonchev–Trinajstić information content (AvgIpc) is 2.45. The highest BCUT2D eigenvalue weighted by molar-refractivity contribution is 5.76. The first-order valence-corrected chi connectivity index (χ1v) is 6.01. The van der Waals surface area contributed by atoms with Gasteiger partial charge in [-0.3, -0.25) is 0 Å². The molecule has 0 unspecified atom stereocenters. The van der Waals surface area contributed by atoms with Gasteiger partial charge in [0, 0.05) is 18.8 Å². The van der Waals surface area contributed by atoms with Gasteiger partial charge in [0.05, 0.1) is 7.11 Å². The molecule has 0 saturated heterocycles. The van der Waals surface area contributed by atoms with Crippen molar-refractivity contribution in [2.75, 3.05) is 19.5 Å². The first-order valence-electron chi connectivity index (χ1n) is 6.01. The van der Waals surface area contributed by atoms with Crippen molar-refractivity contribution < 1.29 is 22.6 Å². The first kappa shape index (κ1) is 15.0. The average molecular weight is 298 g/mol. The van der Waals surface area contributed by atoms with Crippen LogP contribution < -0.4 is 14.8 Å². The lowest BCUT2D eigenvalue weighted by molar-refractivity contribution is -0.274. The lowest BCUT2D eigenvalue weighted by atomic mass is 10.1.